The molecule has 0 saturated heterocycles. The van der Waals surface area contributed by atoms with Crippen LogP contribution in [-0.4, -0.2) is 4.98 Å². The summed E-state index contributed by atoms with van der Waals surface area (Å²) in [6.45, 7) is 8.15. The summed E-state index contributed by atoms with van der Waals surface area (Å²) in [4.78, 5) is 5.78. The second kappa shape index (κ2) is 6.12. The third-order valence-corrected chi connectivity index (χ3v) is 4.12. The molecule has 2 rings (SSSR count). The average molecular weight is 260 g/mol. The van der Waals surface area contributed by atoms with E-state index in [-0.39, 0.29) is 0 Å². The molecular formula is C15H20N2S. The van der Waals surface area contributed by atoms with Gasteiger partial charge >= 0.3 is 0 Å². The van der Waals surface area contributed by atoms with Gasteiger partial charge in [-0.2, -0.15) is 0 Å². The molecule has 0 bridgehead atoms. The first-order chi connectivity index (χ1) is 8.69. The molecule has 2 nitrogen and oxygen atoms in total. The van der Waals surface area contributed by atoms with Gasteiger partial charge in [-0.05, 0) is 31.4 Å². The Bertz CT molecular complexity index is 500. The normalized spacial score (nSPS) is 10.8. The van der Waals surface area contributed by atoms with Crippen molar-refractivity contribution in [3.8, 4) is 0 Å². The maximum Gasteiger partial charge on any atom is 0.0900 e. The van der Waals surface area contributed by atoms with Gasteiger partial charge in [-0.15, -0.1) is 11.3 Å². The van der Waals surface area contributed by atoms with Crippen molar-refractivity contribution in [2.75, 3.05) is 0 Å². The standard InChI is InChI=1S/C15H20N2S/c1-4-13-5-7-14(8-6-13)9-16-10-15-11(2)17-12(3)18-15/h5-8,16H,4,9-10H2,1-3H3. The topological polar surface area (TPSA) is 24.9 Å². The van der Waals surface area contributed by atoms with Crippen molar-refractivity contribution >= 4 is 11.3 Å². The van der Waals surface area contributed by atoms with Crippen LogP contribution in [0, 0.1) is 13.8 Å². The lowest BCUT2D eigenvalue weighted by Crippen LogP contribution is -2.12. The molecule has 1 heterocycles. The van der Waals surface area contributed by atoms with Crippen molar-refractivity contribution < 1.29 is 0 Å². The predicted molar refractivity (Wildman–Crippen MR) is 78.0 cm³/mol. The van der Waals surface area contributed by atoms with E-state index in [1.54, 1.807) is 11.3 Å². The van der Waals surface area contributed by atoms with E-state index in [9.17, 15) is 0 Å². The smallest absolute Gasteiger partial charge is 0.0900 e. The minimum atomic E-state index is 0.910. The lowest BCUT2D eigenvalue weighted by atomic mass is 10.1. The van der Waals surface area contributed by atoms with Crippen molar-refractivity contribution in [2.24, 2.45) is 0 Å². The highest BCUT2D eigenvalue weighted by atomic mass is 32.1. The molecule has 2 aromatic rings. The fourth-order valence-electron chi connectivity index (χ4n) is 1.95. The van der Waals surface area contributed by atoms with Crippen molar-refractivity contribution in [3.63, 3.8) is 0 Å². The molecule has 1 aromatic heterocycles. The van der Waals surface area contributed by atoms with Gasteiger partial charge in [0.05, 0.1) is 10.7 Å². The third kappa shape index (κ3) is 3.40. The van der Waals surface area contributed by atoms with E-state index in [4.69, 9.17) is 0 Å². The van der Waals surface area contributed by atoms with E-state index in [0.717, 1.165) is 30.2 Å². The fraction of sp³-hybridized carbons (Fsp3) is 0.400. The zero-order valence-electron chi connectivity index (χ0n) is 11.3. The molecular weight excluding hydrogens is 240 g/mol. The van der Waals surface area contributed by atoms with Gasteiger partial charge < -0.3 is 5.32 Å². The minimum absolute atomic E-state index is 0.910. The van der Waals surface area contributed by atoms with E-state index in [1.165, 1.54) is 16.0 Å². The lowest BCUT2D eigenvalue weighted by Gasteiger charge is -2.05. The number of rotatable bonds is 5. The fourth-order valence-corrected chi connectivity index (χ4v) is 2.86. The summed E-state index contributed by atoms with van der Waals surface area (Å²) in [6.07, 6.45) is 1.10. The van der Waals surface area contributed by atoms with Crippen LogP contribution in [0.2, 0.25) is 0 Å². The monoisotopic (exact) mass is 260 g/mol. The molecule has 0 spiro atoms. The Morgan fingerprint density at radius 2 is 1.72 bits per heavy atom. The summed E-state index contributed by atoms with van der Waals surface area (Å²) in [6, 6.07) is 8.82. The van der Waals surface area contributed by atoms with Crippen LogP contribution in [0.15, 0.2) is 24.3 Å². The van der Waals surface area contributed by atoms with Gasteiger partial charge in [0.1, 0.15) is 0 Å². The van der Waals surface area contributed by atoms with Gasteiger partial charge in [0.2, 0.25) is 0 Å². The molecule has 0 aliphatic rings. The summed E-state index contributed by atoms with van der Waals surface area (Å²) in [7, 11) is 0. The van der Waals surface area contributed by atoms with Crippen molar-refractivity contribution in [1.82, 2.24) is 10.3 Å². The number of aromatic nitrogens is 1. The highest BCUT2D eigenvalue weighted by molar-refractivity contribution is 7.11. The van der Waals surface area contributed by atoms with Gasteiger partial charge in [-0.25, -0.2) is 4.98 Å². The molecule has 18 heavy (non-hydrogen) atoms. The Morgan fingerprint density at radius 3 is 2.28 bits per heavy atom. The minimum Gasteiger partial charge on any atom is -0.308 e. The predicted octanol–water partition coefficient (Wildman–Crippen LogP) is 3.61. The molecule has 96 valence electrons. The summed E-state index contributed by atoms with van der Waals surface area (Å²) < 4.78 is 0. The van der Waals surface area contributed by atoms with Crippen LogP contribution >= 0.6 is 11.3 Å². The molecule has 3 heteroatoms. The zero-order valence-corrected chi connectivity index (χ0v) is 12.1. The van der Waals surface area contributed by atoms with Gasteiger partial charge in [0.25, 0.3) is 0 Å². The average Bonchev–Trinajstić information content (AvgIpc) is 2.69. The van der Waals surface area contributed by atoms with E-state index in [2.05, 4.69) is 55.3 Å². The number of nitrogens with one attached hydrogen (secondary N) is 1. The zero-order chi connectivity index (χ0) is 13.0. The lowest BCUT2D eigenvalue weighted by molar-refractivity contribution is 0.697. The molecule has 0 amide bonds. The maximum atomic E-state index is 4.44. The second-order valence-corrected chi connectivity index (χ2v) is 5.80. The molecule has 0 radical (unpaired) electrons. The van der Waals surface area contributed by atoms with Crippen molar-refractivity contribution in [2.45, 2.75) is 40.3 Å². The summed E-state index contributed by atoms with van der Waals surface area (Å²) >= 11 is 1.78. The van der Waals surface area contributed by atoms with Crippen LogP contribution in [0.1, 0.15) is 33.6 Å². The van der Waals surface area contributed by atoms with Crippen LogP contribution in [0.25, 0.3) is 0 Å². The highest BCUT2D eigenvalue weighted by Gasteiger charge is 2.03. The Hall–Kier alpha value is -1.19. The van der Waals surface area contributed by atoms with E-state index in [1.807, 2.05) is 0 Å². The van der Waals surface area contributed by atoms with Crippen LogP contribution in [0.5, 0.6) is 0 Å². The summed E-state index contributed by atoms with van der Waals surface area (Å²) in [5, 5.41) is 4.63. The van der Waals surface area contributed by atoms with Crippen LogP contribution in [0.4, 0.5) is 0 Å². The van der Waals surface area contributed by atoms with Crippen molar-refractivity contribution in [1.29, 1.82) is 0 Å². The number of nitrogens with zero attached hydrogens (tertiary/aromatic N) is 1. The largest absolute Gasteiger partial charge is 0.308 e. The highest BCUT2D eigenvalue weighted by Crippen LogP contribution is 2.16. The van der Waals surface area contributed by atoms with Crippen molar-refractivity contribution in [3.05, 3.63) is 51.0 Å². The molecule has 0 fully saturated rings. The summed E-state index contributed by atoms with van der Waals surface area (Å²) in [5.41, 5.74) is 3.89. The quantitative estimate of drug-likeness (QED) is 0.888. The molecule has 0 aliphatic heterocycles. The number of hydrogen-bond donors (Lipinski definition) is 1. The van der Waals surface area contributed by atoms with E-state index in [0.29, 0.717) is 0 Å². The Labute approximate surface area is 113 Å². The molecule has 0 aliphatic carbocycles. The van der Waals surface area contributed by atoms with E-state index < -0.39 is 0 Å². The van der Waals surface area contributed by atoms with Crippen LogP contribution in [0.3, 0.4) is 0 Å². The van der Waals surface area contributed by atoms with Crippen LogP contribution in [-0.2, 0) is 19.5 Å². The molecule has 1 N–H and O–H groups in total. The Morgan fingerprint density at radius 1 is 1.06 bits per heavy atom. The maximum absolute atomic E-state index is 4.44. The SMILES string of the molecule is CCc1ccc(CNCc2sc(C)nc2C)cc1. The first-order valence-corrected chi connectivity index (χ1v) is 7.22. The van der Waals surface area contributed by atoms with Crippen LogP contribution < -0.4 is 5.32 Å². The molecule has 0 atom stereocenters. The van der Waals surface area contributed by atoms with Gasteiger partial charge in [-0.1, -0.05) is 31.2 Å². The second-order valence-electron chi connectivity index (χ2n) is 4.52. The number of thiazole rings is 1. The number of benzene rings is 1. The van der Waals surface area contributed by atoms with Gasteiger partial charge in [0.15, 0.2) is 0 Å². The van der Waals surface area contributed by atoms with Gasteiger partial charge in [0, 0.05) is 18.0 Å². The Balaban J connectivity index is 1.86. The third-order valence-electron chi connectivity index (χ3n) is 3.05. The first kappa shape index (κ1) is 13.2. The van der Waals surface area contributed by atoms with E-state index >= 15 is 0 Å². The first-order valence-electron chi connectivity index (χ1n) is 6.40. The molecule has 0 saturated carbocycles. The molecule has 0 unspecified atom stereocenters. The number of aryl methyl sites for hydroxylation is 3. The van der Waals surface area contributed by atoms with Gasteiger partial charge in [-0.3, -0.25) is 0 Å². The summed E-state index contributed by atoms with van der Waals surface area (Å²) in [5.74, 6) is 0. The molecule has 1 aromatic carbocycles. The Kier molecular flexibility index (Phi) is 4.50. The number of hydrogen-bond acceptors (Lipinski definition) is 3.